The Bertz CT molecular complexity index is 625. The number of benzene rings is 1. The third kappa shape index (κ3) is 4.83. The average Bonchev–Trinajstić information content (AvgIpc) is 2.42. The van der Waals surface area contributed by atoms with Gasteiger partial charge in [-0.25, -0.2) is 12.7 Å². The average molecular weight is 314 g/mol. The monoisotopic (exact) mass is 314 g/mol. The Morgan fingerprint density at radius 1 is 1.19 bits per heavy atom. The zero-order chi connectivity index (χ0) is 16.0. The Kier molecular flexibility index (Phi) is 5.86. The molecule has 1 rings (SSSR count). The second kappa shape index (κ2) is 7.19. The number of hydrogen-bond acceptors (Lipinski definition) is 4. The molecule has 116 valence electrons. The maximum atomic E-state index is 12.1. The lowest BCUT2D eigenvalue weighted by Crippen LogP contribution is -2.27. The van der Waals surface area contributed by atoms with Crippen molar-refractivity contribution in [2.24, 2.45) is 0 Å². The van der Waals surface area contributed by atoms with Crippen molar-refractivity contribution >= 4 is 21.9 Å². The van der Waals surface area contributed by atoms with Crippen LogP contribution in [0, 0.1) is 0 Å². The van der Waals surface area contributed by atoms with Crippen molar-refractivity contribution in [2.75, 3.05) is 14.1 Å². The van der Waals surface area contributed by atoms with E-state index in [4.69, 9.17) is 5.11 Å². The zero-order valence-corrected chi connectivity index (χ0v) is 12.7. The minimum atomic E-state index is -3.59. The molecule has 0 spiro atoms. The predicted molar refractivity (Wildman–Crippen MR) is 76.0 cm³/mol. The van der Waals surface area contributed by atoms with E-state index < -0.39 is 21.9 Å². The first-order valence-corrected chi connectivity index (χ1v) is 7.68. The van der Waals surface area contributed by atoms with Gasteiger partial charge in [-0.15, -0.1) is 0 Å². The van der Waals surface area contributed by atoms with Crippen molar-refractivity contribution < 1.29 is 23.1 Å². The summed E-state index contributed by atoms with van der Waals surface area (Å²) in [6.45, 7) is 0.0295. The van der Waals surface area contributed by atoms with Crippen molar-refractivity contribution in [3.63, 3.8) is 0 Å². The first-order chi connectivity index (χ1) is 9.75. The van der Waals surface area contributed by atoms with Crippen LogP contribution in [0.3, 0.4) is 0 Å². The molecule has 0 aliphatic rings. The van der Waals surface area contributed by atoms with E-state index in [1.165, 1.54) is 20.2 Å². The highest BCUT2D eigenvalue weighted by atomic mass is 32.2. The highest BCUT2D eigenvalue weighted by molar-refractivity contribution is 7.89. The number of rotatable bonds is 7. The number of hydrogen-bond donors (Lipinski definition) is 2. The molecule has 1 aromatic rings. The van der Waals surface area contributed by atoms with Gasteiger partial charge in [-0.2, -0.15) is 0 Å². The third-order valence-corrected chi connectivity index (χ3v) is 4.69. The van der Waals surface area contributed by atoms with Crippen molar-refractivity contribution in [1.29, 1.82) is 0 Å². The number of nitrogens with zero attached hydrogens (tertiary/aromatic N) is 1. The van der Waals surface area contributed by atoms with Crippen molar-refractivity contribution in [1.82, 2.24) is 9.62 Å². The van der Waals surface area contributed by atoms with Crippen molar-refractivity contribution in [3.8, 4) is 0 Å². The standard InChI is InChI=1S/C13H18N2O5S/c1-15(2)21(19,20)11-6-4-3-5-10(11)9-14-12(16)7-8-13(17)18/h3-6H,7-9H2,1-2H3,(H,14,16)(H,17,18). The van der Waals surface area contributed by atoms with Gasteiger partial charge in [0, 0.05) is 27.1 Å². The molecular formula is C13H18N2O5S. The largest absolute Gasteiger partial charge is 0.481 e. The fourth-order valence-electron chi connectivity index (χ4n) is 1.60. The molecule has 0 bridgehead atoms. The first-order valence-electron chi connectivity index (χ1n) is 6.24. The Balaban J connectivity index is 2.82. The molecular weight excluding hydrogens is 296 g/mol. The Morgan fingerprint density at radius 2 is 1.81 bits per heavy atom. The molecule has 0 saturated carbocycles. The molecule has 0 saturated heterocycles. The van der Waals surface area contributed by atoms with E-state index >= 15 is 0 Å². The molecule has 0 radical (unpaired) electrons. The predicted octanol–water partition coefficient (Wildman–Crippen LogP) is 0.418. The number of carbonyl (C=O) groups is 2. The summed E-state index contributed by atoms with van der Waals surface area (Å²) in [4.78, 5) is 22.0. The topological polar surface area (TPSA) is 104 Å². The lowest BCUT2D eigenvalue weighted by atomic mass is 10.2. The molecule has 1 amide bonds. The van der Waals surface area contributed by atoms with Gasteiger partial charge in [0.25, 0.3) is 0 Å². The third-order valence-electron chi connectivity index (χ3n) is 2.77. The van der Waals surface area contributed by atoms with E-state index in [-0.39, 0.29) is 24.3 Å². The number of carboxylic acid groups (broad SMARTS) is 1. The summed E-state index contributed by atoms with van der Waals surface area (Å²) in [5.74, 6) is -1.49. The van der Waals surface area contributed by atoms with Gasteiger partial charge in [0.15, 0.2) is 0 Å². The van der Waals surface area contributed by atoms with E-state index in [2.05, 4.69) is 5.32 Å². The SMILES string of the molecule is CN(C)S(=O)(=O)c1ccccc1CNC(=O)CCC(=O)O. The Labute approximate surface area is 123 Å². The number of sulfonamides is 1. The van der Waals surface area contributed by atoms with Gasteiger partial charge in [0.2, 0.25) is 15.9 Å². The maximum absolute atomic E-state index is 12.1. The fraction of sp³-hybridized carbons (Fsp3) is 0.385. The van der Waals surface area contributed by atoms with E-state index in [9.17, 15) is 18.0 Å². The molecule has 0 unspecified atom stereocenters. The van der Waals surface area contributed by atoms with Crippen LogP contribution in [-0.2, 0) is 26.2 Å². The van der Waals surface area contributed by atoms with Crippen LogP contribution in [0.5, 0.6) is 0 Å². The van der Waals surface area contributed by atoms with E-state index in [1.54, 1.807) is 18.2 Å². The molecule has 0 fully saturated rings. The van der Waals surface area contributed by atoms with E-state index in [1.807, 2.05) is 0 Å². The highest BCUT2D eigenvalue weighted by Gasteiger charge is 2.20. The summed E-state index contributed by atoms with van der Waals surface area (Å²) in [6, 6.07) is 6.35. The van der Waals surface area contributed by atoms with Crippen LogP contribution in [0.1, 0.15) is 18.4 Å². The number of carboxylic acids is 1. The van der Waals surface area contributed by atoms with Crippen LogP contribution in [0.25, 0.3) is 0 Å². The van der Waals surface area contributed by atoms with Gasteiger partial charge in [-0.05, 0) is 11.6 Å². The molecule has 1 aromatic carbocycles. The summed E-state index contributed by atoms with van der Waals surface area (Å²) in [7, 11) is -0.737. The lowest BCUT2D eigenvalue weighted by Gasteiger charge is -2.15. The fourth-order valence-corrected chi connectivity index (χ4v) is 2.72. The van der Waals surface area contributed by atoms with Gasteiger partial charge in [0.1, 0.15) is 0 Å². The summed E-state index contributed by atoms with van der Waals surface area (Å²) < 4.78 is 25.4. The molecule has 2 N–H and O–H groups in total. The van der Waals surface area contributed by atoms with Crippen LogP contribution in [0.4, 0.5) is 0 Å². The van der Waals surface area contributed by atoms with Crippen LogP contribution in [-0.4, -0.2) is 43.8 Å². The molecule has 21 heavy (non-hydrogen) atoms. The molecule has 7 nitrogen and oxygen atoms in total. The van der Waals surface area contributed by atoms with Crippen molar-refractivity contribution in [2.45, 2.75) is 24.3 Å². The minimum Gasteiger partial charge on any atom is -0.481 e. The maximum Gasteiger partial charge on any atom is 0.303 e. The number of aliphatic carboxylic acids is 1. The summed E-state index contributed by atoms with van der Waals surface area (Å²) in [6.07, 6.45) is -0.401. The smallest absolute Gasteiger partial charge is 0.303 e. The highest BCUT2D eigenvalue weighted by Crippen LogP contribution is 2.18. The lowest BCUT2D eigenvalue weighted by molar-refractivity contribution is -0.138. The second-order valence-corrected chi connectivity index (χ2v) is 6.69. The van der Waals surface area contributed by atoms with Gasteiger partial charge in [0.05, 0.1) is 11.3 Å². The van der Waals surface area contributed by atoms with Crippen LogP contribution in [0.15, 0.2) is 29.2 Å². The summed E-state index contributed by atoms with van der Waals surface area (Å²) in [5.41, 5.74) is 0.454. The Morgan fingerprint density at radius 3 is 2.38 bits per heavy atom. The van der Waals surface area contributed by atoms with Gasteiger partial charge in [-0.3, -0.25) is 9.59 Å². The molecule has 0 aliphatic heterocycles. The zero-order valence-electron chi connectivity index (χ0n) is 11.9. The Hall–Kier alpha value is -1.93. The molecule has 0 heterocycles. The van der Waals surface area contributed by atoms with Gasteiger partial charge < -0.3 is 10.4 Å². The molecule has 0 atom stereocenters. The normalized spacial score (nSPS) is 11.4. The van der Waals surface area contributed by atoms with E-state index in [0.29, 0.717) is 5.56 Å². The number of amides is 1. The van der Waals surface area contributed by atoms with E-state index in [0.717, 1.165) is 4.31 Å². The molecule has 0 aromatic heterocycles. The summed E-state index contributed by atoms with van der Waals surface area (Å²) in [5, 5.41) is 11.0. The quantitative estimate of drug-likeness (QED) is 0.759. The number of carbonyl (C=O) groups excluding carboxylic acids is 1. The van der Waals surface area contributed by atoms with Gasteiger partial charge >= 0.3 is 5.97 Å². The number of nitrogens with one attached hydrogen (secondary N) is 1. The van der Waals surface area contributed by atoms with Crippen molar-refractivity contribution in [3.05, 3.63) is 29.8 Å². The second-order valence-electron chi connectivity index (χ2n) is 4.57. The van der Waals surface area contributed by atoms with Crippen LogP contribution < -0.4 is 5.32 Å². The first kappa shape index (κ1) is 17.1. The van der Waals surface area contributed by atoms with Crippen LogP contribution in [0.2, 0.25) is 0 Å². The molecule has 0 aliphatic carbocycles. The summed E-state index contributed by atoms with van der Waals surface area (Å²) >= 11 is 0. The minimum absolute atomic E-state index is 0.0295. The molecule has 8 heteroatoms. The van der Waals surface area contributed by atoms with Crippen LogP contribution >= 0.6 is 0 Å². The van der Waals surface area contributed by atoms with Gasteiger partial charge in [-0.1, -0.05) is 18.2 Å².